The molecule has 5 nitrogen and oxygen atoms in total. The number of rotatable bonds is 14. The van der Waals surface area contributed by atoms with E-state index in [0.717, 1.165) is 31.8 Å². The lowest BCUT2D eigenvalue weighted by molar-refractivity contribution is -0.125. The number of carbonyl (C=O) groups excluding carboxylic acids is 1. The highest BCUT2D eigenvalue weighted by Gasteiger charge is 2.06. The van der Waals surface area contributed by atoms with Crippen LogP contribution in [0.1, 0.15) is 27.2 Å². The van der Waals surface area contributed by atoms with Gasteiger partial charge in [0.2, 0.25) is 5.91 Å². The topological polar surface area (TPSA) is 62.4 Å². The number of hydrogen-bond donors (Lipinski definition) is 3. The van der Waals surface area contributed by atoms with Gasteiger partial charge in [0.1, 0.15) is 6.61 Å². The molecule has 0 aliphatic heterocycles. The zero-order valence-electron chi connectivity index (χ0n) is 13.9. The summed E-state index contributed by atoms with van der Waals surface area (Å²) in [5.41, 5.74) is 0. The van der Waals surface area contributed by atoms with Crippen LogP contribution in [0, 0.1) is 11.8 Å². The van der Waals surface area contributed by atoms with Crippen molar-refractivity contribution in [1.29, 1.82) is 0 Å². The van der Waals surface area contributed by atoms with E-state index in [1.807, 2.05) is 21.6 Å². The van der Waals surface area contributed by atoms with Crippen molar-refractivity contribution in [3.63, 3.8) is 0 Å². The molecule has 0 aliphatic carbocycles. The Balaban J connectivity index is 3.49. The predicted octanol–water partition coefficient (Wildman–Crippen LogP) is 1.46. The molecule has 22 heavy (non-hydrogen) atoms. The number of ether oxygens (including phenoxy) is 1. The first-order valence-electron chi connectivity index (χ1n) is 7.70. The van der Waals surface area contributed by atoms with Gasteiger partial charge < -0.3 is 20.7 Å². The Morgan fingerprint density at radius 2 is 2.14 bits per heavy atom. The van der Waals surface area contributed by atoms with Gasteiger partial charge in [-0.2, -0.15) is 0 Å². The largest absolute Gasteiger partial charge is 0.370 e. The van der Waals surface area contributed by atoms with Crippen molar-refractivity contribution >= 4 is 27.5 Å². The summed E-state index contributed by atoms with van der Waals surface area (Å²) < 4.78 is 5.33. The Morgan fingerprint density at radius 3 is 2.82 bits per heavy atom. The Kier molecular flexibility index (Phi) is 16.7. The maximum atomic E-state index is 11.4. The van der Waals surface area contributed by atoms with E-state index < -0.39 is 0 Å². The highest BCUT2D eigenvalue weighted by molar-refractivity contribution is 8.76. The molecule has 0 aromatic rings. The second-order valence-corrected chi connectivity index (χ2v) is 7.07. The minimum absolute atomic E-state index is 0.0917. The van der Waals surface area contributed by atoms with Crippen molar-refractivity contribution in [1.82, 2.24) is 16.0 Å². The second-order valence-electron chi connectivity index (χ2n) is 4.38. The van der Waals surface area contributed by atoms with Crippen LogP contribution in [0.3, 0.4) is 0 Å². The maximum Gasteiger partial charge on any atom is 0.246 e. The van der Waals surface area contributed by atoms with Gasteiger partial charge in [-0.3, -0.25) is 4.79 Å². The average molecular weight is 348 g/mol. The molecule has 0 bridgehead atoms. The summed E-state index contributed by atoms with van der Waals surface area (Å²) in [5.74, 6) is 6.48. The summed E-state index contributed by atoms with van der Waals surface area (Å²) in [5, 5.41) is 9.82. The standard InChI is InChI=1S/C15H29N3O2S2/c1-4-7-8-17-14(19)13-20-11-9-18-15(5-2)22-21-12-10-16-6-3/h15-16,18H,5-6,8-13H2,1-3H3,(H,17,19). The van der Waals surface area contributed by atoms with Crippen LogP contribution in [0.5, 0.6) is 0 Å². The first kappa shape index (κ1) is 21.6. The van der Waals surface area contributed by atoms with E-state index in [-0.39, 0.29) is 12.5 Å². The smallest absolute Gasteiger partial charge is 0.246 e. The van der Waals surface area contributed by atoms with E-state index in [2.05, 4.69) is 41.6 Å². The SMILES string of the molecule is CC#CCNC(=O)COCCNC(CC)SSCCNCC. The van der Waals surface area contributed by atoms with Crippen LogP contribution < -0.4 is 16.0 Å². The molecule has 7 heteroatoms. The highest BCUT2D eigenvalue weighted by Crippen LogP contribution is 2.26. The second kappa shape index (κ2) is 17.0. The normalized spacial score (nSPS) is 11.6. The lowest BCUT2D eigenvalue weighted by atomic mass is 10.4. The third-order valence-corrected chi connectivity index (χ3v) is 5.41. The third-order valence-electron chi connectivity index (χ3n) is 2.57. The summed E-state index contributed by atoms with van der Waals surface area (Å²) in [7, 11) is 3.75. The van der Waals surface area contributed by atoms with Crippen LogP contribution in [0.2, 0.25) is 0 Å². The number of carbonyl (C=O) groups is 1. The molecule has 0 saturated heterocycles. The summed E-state index contributed by atoms with van der Waals surface area (Å²) >= 11 is 0. The van der Waals surface area contributed by atoms with E-state index >= 15 is 0 Å². The number of hydrogen-bond acceptors (Lipinski definition) is 6. The lowest BCUT2D eigenvalue weighted by Crippen LogP contribution is -2.31. The van der Waals surface area contributed by atoms with Crippen LogP contribution in [-0.2, 0) is 9.53 Å². The van der Waals surface area contributed by atoms with E-state index in [1.54, 1.807) is 6.92 Å². The zero-order valence-corrected chi connectivity index (χ0v) is 15.5. The van der Waals surface area contributed by atoms with E-state index in [0.29, 0.717) is 18.5 Å². The molecule has 0 fully saturated rings. The molecule has 0 radical (unpaired) electrons. The minimum atomic E-state index is -0.122. The molecule has 1 unspecified atom stereocenters. The Hall–Kier alpha value is -0.390. The molecule has 0 spiro atoms. The van der Waals surface area contributed by atoms with E-state index in [4.69, 9.17) is 4.74 Å². The zero-order chi connectivity index (χ0) is 16.5. The Morgan fingerprint density at radius 1 is 1.32 bits per heavy atom. The van der Waals surface area contributed by atoms with Crippen molar-refractivity contribution in [3.8, 4) is 11.8 Å². The number of nitrogens with one attached hydrogen (secondary N) is 3. The summed E-state index contributed by atoms with van der Waals surface area (Å²) in [6.07, 6.45) is 1.06. The van der Waals surface area contributed by atoms with E-state index in [1.165, 1.54) is 0 Å². The molecular formula is C15H29N3O2S2. The fraction of sp³-hybridized carbons (Fsp3) is 0.800. The highest BCUT2D eigenvalue weighted by atomic mass is 33.1. The Bertz CT molecular complexity index is 332. The summed E-state index contributed by atoms with van der Waals surface area (Å²) in [4.78, 5) is 11.4. The third kappa shape index (κ3) is 14.5. The predicted molar refractivity (Wildman–Crippen MR) is 98.0 cm³/mol. The monoisotopic (exact) mass is 347 g/mol. The number of amides is 1. The van der Waals surface area contributed by atoms with Gasteiger partial charge in [0.05, 0.1) is 18.5 Å². The molecular weight excluding hydrogens is 318 g/mol. The van der Waals surface area contributed by atoms with Crippen molar-refractivity contribution in [3.05, 3.63) is 0 Å². The average Bonchev–Trinajstić information content (AvgIpc) is 2.52. The first-order valence-corrected chi connectivity index (χ1v) is 10.1. The van der Waals surface area contributed by atoms with Crippen molar-refractivity contribution < 1.29 is 9.53 Å². The first-order chi connectivity index (χ1) is 10.7. The molecule has 0 heterocycles. The molecule has 0 aromatic heterocycles. The summed E-state index contributed by atoms with van der Waals surface area (Å²) in [6, 6.07) is 0. The van der Waals surface area contributed by atoms with Gasteiger partial charge in [-0.15, -0.1) is 5.92 Å². The van der Waals surface area contributed by atoms with Crippen LogP contribution in [-0.4, -0.2) is 56.4 Å². The van der Waals surface area contributed by atoms with Gasteiger partial charge in [0.25, 0.3) is 0 Å². The van der Waals surface area contributed by atoms with E-state index in [9.17, 15) is 4.79 Å². The molecule has 3 N–H and O–H groups in total. The minimum Gasteiger partial charge on any atom is -0.370 e. The molecule has 0 saturated carbocycles. The molecule has 0 aliphatic rings. The molecule has 0 aromatic carbocycles. The van der Waals surface area contributed by atoms with Crippen molar-refractivity contribution in [2.75, 3.05) is 45.1 Å². The van der Waals surface area contributed by atoms with Crippen molar-refractivity contribution in [2.24, 2.45) is 0 Å². The quantitative estimate of drug-likeness (QED) is 0.191. The van der Waals surface area contributed by atoms with Gasteiger partial charge >= 0.3 is 0 Å². The van der Waals surface area contributed by atoms with Gasteiger partial charge in [-0.05, 0) is 19.9 Å². The fourth-order valence-electron chi connectivity index (χ4n) is 1.41. The maximum absolute atomic E-state index is 11.4. The fourth-order valence-corrected chi connectivity index (χ4v) is 3.86. The lowest BCUT2D eigenvalue weighted by Gasteiger charge is -2.15. The molecule has 128 valence electrons. The Labute approximate surface area is 142 Å². The molecule has 1 atom stereocenters. The van der Waals surface area contributed by atoms with Gasteiger partial charge in [-0.1, -0.05) is 41.4 Å². The van der Waals surface area contributed by atoms with Crippen molar-refractivity contribution in [2.45, 2.75) is 32.6 Å². The molecule has 0 rings (SSSR count). The van der Waals surface area contributed by atoms with Crippen LogP contribution in [0.4, 0.5) is 0 Å². The van der Waals surface area contributed by atoms with Gasteiger partial charge in [-0.25, -0.2) is 0 Å². The van der Waals surface area contributed by atoms with Gasteiger partial charge in [0, 0.05) is 18.8 Å². The van der Waals surface area contributed by atoms with Crippen LogP contribution >= 0.6 is 21.6 Å². The van der Waals surface area contributed by atoms with Gasteiger partial charge in [0.15, 0.2) is 0 Å². The van der Waals surface area contributed by atoms with Crippen LogP contribution in [0.15, 0.2) is 0 Å². The summed E-state index contributed by atoms with van der Waals surface area (Å²) in [6.45, 7) is 9.86. The molecule has 1 amide bonds. The van der Waals surface area contributed by atoms with Crippen LogP contribution in [0.25, 0.3) is 0 Å².